The van der Waals surface area contributed by atoms with Crippen molar-refractivity contribution in [1.82, 2.24) is 14.3 Å². The van der Waals surface area contributed by atoms with Gasteiger partial charge < -0.3 is 10.3 Å². The first-order valence-electron chi connectivity index (χ1n) is 7.02. The van der Waals surface area contributed by atoms with E-state index in [-0.39, 0.29) is 6.04 Å². The van der Waals surface area contributed by atoms with Crippen molar-refractivity contribution in [2.45, 2.75) is 52.2 Å². The summed E-state index contributed by atoms with van der Waals surface area (Å²) in [4.78, 5) is 0. The SMILES string of the molecule is CCC(N)Cc1ccn(Cc2ccn(C(C)C)n2)c1. The second-order valence-electron chi connectivity index (χ2n) is 5.45. The molecule has 4 heteroatoms. The quantitative estimate of drug-likeness (QED) is 0.868. The van der Waals surface area contributed by atoms with Crippen LogP contribution in [0.2, 0.25) is 0 Å². The van der Waals surface area contributed by atoms with Gasteiger partial charge >= 0.3 is 0 Å². The van der Waals surface area contributed by atoms with Gasteiger partial charge in [0, 0.05) is 30.7 Å². The van der Waals surface area contributed by atoms with Gasteiger partial charge in [-0.1, -0.05) is 6.92 Å². The Labute approximate surface area is 115 Å². The molecule has 2 rings (SSSR count). The van der Waals surface area contributed by atoms with Gasteiger partial charge in [-0.25, -0.2) is 0 Å². The van der Waals surface area contributed by atoms with Crippen molar-refractivity contribution in [3.8, 4) is 0 Å². The zero-order chi connectivity index (χ0) is 13.8. The van der Waals surface area contributed by atoms with Gasteiger partial charge in [0.15, 0.2) is 0 Å². The molecule has 0 aromatic carbocycles. The van der Waals surface area contributed by atoms with E-state index in [1.54, 1.807) is 0 Å². The van der Waals surface area contributed by atoms with Gasteiger partial charge in [-0.05, 0) is 44.4 Å². The summed E-state index contributed by atoms with van der Waals surface area (Å²) in [5, 5.41) is 4.56. The van der Waals surface area contributed by atoms with Crippen molar-refractivity contribution in [3.63, 3.8) is 0 Å². The molecule has 0 amide bonds. The summed E-state index contributed by atoms with van der Waals surface area (Å²) in [7, 11) is 0. The maximum Gasteiger partial charge on any atom is 0.0821 e. The van der Waals surface area contributed by atoms with Crippen LogP contribution in [0.1, 0.15) is 44.5 Å². The molecule has 1 unspecified atom stereocenters. The van der Waals surface area contributed by atoms with E-state index in [4.69, 9.17) is 5.73 Å². The average molecular weight is 260 g/mol. The standard InChI is InChI=1S/C15H24N4/c1-4-14(16)9-13-5-7-18(10-13)11-15-6-8-19(17-15)12(2)3/h5-8,10,12,14H,4,9,11,16H2,1-3H3. The summed E-state index contributed by atoms with van der Waals surface area (Å²) in [5.74, 6) is 0. The van der Waals surface area contributed by atoms with Gasteiger partial charge in [0.05, 0.1) is 12.2 Å². The second-order valence-corrected chi connectivity index (χ2v) is 5.45. The van der Waals surface area contributed by atoms with E-state index in [1.165, 1.54) is 5.56 Å². The molecule has 0 saturated heterocycles. The molecular weight excluding hydrogens is 236 g/mol. The largest absolute Gasteiger partial charge is 0.348 e. The molecule has 0 bridgehead atoms. The fourth-order valence-electron chi connectivity index (χ4n) is 2.09. The number of hydrogen-bond acceptors (Lipinski definition) is 2. The third kappa shape index (κ3) is 3.70. The van der Waals surface area contributed by atoms with E-state index in [2.05, 4.69) is 55.0 Å². The molecule has 0 aliphatic carbocycles. The van der Waals surface area contributed by atoms with Crippen molar-refractivity contribution in [2.75, 3.05) is 0 Å². The molecular formula is C15H24N4. The summed E-state index contributed by atoms with van der Waals surface area (Å²) in [6.45, 7) is 7.22. The maximum atomic E-state index is 5.98. The van der Waals surface area contributed by atoms with Crippen molar-refractivity contribution < 1.29 is 0 Å². The van der Waals surface area contributed by atoms with Crippen molar-refractivity contribution in [2.24, 2.45) is 5.73 Å². The zero-order valence-corrected chi connectivity index (χ0v) is 12.1. The molecule has 0 aliphatic rings. The minimum Gasteiger partial charge on any atom is -0.348 e. The highest BCUT2D eigenvalue weighted by Gasteiger charge is 2.05. The lowest BCUT2D eigenvalue weighted by Crippen LogP contribution is -2.21. The van der Waals surface area contributed by atoms with E-state index in [9.17, 15) is 0 Å². The van der Waals surface area contributed by atoms with Crippen LogP contribution in [0.4, 0.5) is 0 Å². The fraction of sp³-hybridized carbons (Fsp3) is 0.533. The maximum absolute atomic E-state index is 5.98. The van der Waals surface area contributed by atoms with E-state index in [1.807, 2.05) is 10.9 Å². The van der Waals surface area contributed by atoms with Crippen LogP contribution in [0.25, 0.3) is 0 Å². The number of nitrogens with zero attached hydrogens (tertiary/aromatic N) is 3. The fourth-order valence-corrected chi connectivity index (χ4v) is 2.09. The molecule has 1 atom stereocenters. The van der Waals surface area contributed by atoms with Gasteiger partial charge in [0.1, 0.15) is 0 Å². The predicted molar refractivity (Wildman–Crippen MR) is 78.1 cm³/mol. The van der Waals surface area contributed by atoms with Crippen LogP contribution < -0.4 is 5.73 Å². The summed E-state index contributed by atoms with van der Waals surface area (Å²) in [6.07, 6.45) is 8.28. The van der Waals surface area contributed by atoms with Crippen molar-refractivity contribution >= 4 is 0 Å². The topological polar surface area (TPSA) is 48.8 Å². The van der Waals surface area contributed by atoms with Gasteiger partial charge in [-0.2, -0.15) is 5.10 Å². The first-order chi connectivity index (χ1) is 9.08. The van der Waals surface area contributed by atoms with Crippen LogP contribution in [-0.4, -0.2) is 20.4 Å². The Morgan fingerprint density at radius 3 is 2.68 bits per heavy atom. The van der Waals surface area contributed by atoms with Gasteiger partial charge in [-0.3, -0.25) is 4.68 Å². The predicted octanol–water partition coefficient (Wildman–Crippen LogP) is 2.59. The van der Waals surface area contributed by atoms with Crippen LogP contribution in [-0.2, 0) is 13.0 Å². The minimum atomic E-state index is 0.260. The van der Waals surface area contributed by atoms with Gasteiger partial charge in [0.25, 0.3) is 0 Å². The lowest BCUT2D eigenvalue weighted by Gasteiger charge is -2.06. The Hall–Kier alpha value is -1.55. The smallest absolute Gasteiger partial charge is 0.0821 e. The summed E-state index contributed by atoms with van der Waals surface area (Å²) < 4.78 is 4.16. The number of hydrogen-bond donors (Lipinski definition) is 1. The molecule has 2 aromatic heterocycles. The third-order valence-corrected chi connectivity index (χ3v) is 3.37. The Balaban J connectivity index is 1.99. The Morgan fingerprint density at radius 1 is 1.26 bits per heavy atom. The monoisotopic (exact) mass is 260 g/mol. The van der Waals surface area contributed by atoms with Crippen LogP contribution >= 0.6 is 0 Å². The second kappa shape index (κ2) is 6.06. The molecule has 19 heavy (non-hydrogen) atoms. The zero-order valence-electron chi connectivity index (χ0n) is 12.1. The summed E-state index contributed by atoms with van der Waals surface area (Å²) >= 11 is 0. The van der Waals surface area contributed by atoms with Crippen LogP contribution in [0.3, 0.4) is 0 Å². The van der Waals surface area contributed by atoms with Gasteiger partial charge in [-0.15, -0.1) is 0 Å². The Bertz CT molecular complexity index is 510. The third-order valence-electron chi connectivity index (χ3n) is 3.37. The molecule has 0 fully saturated rings. The molecule has 2 aromatic rings. The molecule has 2 heterocycles. The highest BCUT2D eigenvalue weighted by atomic mass is 15.3. The molecule has 4 nitrogen and oxygen atoms in total. The van der Waals surface area contributed by atoms with E-state index < -0.39 is 0 Å². The lowest BCUT2D eigenvalue weighted by molar-refractivity contribution is 0.524. The first kappa shape index (κ1) is 13.9. The summed E-state index contributed by atoms with van der Waals surface area (Å²) in [5.41, 5.74) is 8.38. The first-order valence-corrected chi connectivity index (χ1v) is 7.02. The van der Waals surface area contributed by atoms with E-state index >= 15 is 0 Å². The Kier molecular flexibility index (Phi) is 4.43. The average Bonchev–Trinajstić information content (AvgIpc) is 2.99. The molecule has 0 radical (unpaired) electrons. The number of nitrogens with two attached hydrogens (primary N) is 1. The molecule has 2 N–H and O–H groups in total. The van der Waals surface area contributed by atoms with Crippen LogP contribution in [0, 0.1) is 0 Å². The van der Waals surface area contributed by atoms with Gasteiger partial charge in [0.2, 0.25) is 0 Å². The molecule has 0 aliphatic heterocycles. The normalized spacial score (nSPS) is 13.1. The molecule has 0 saturated carbocycles. The van der Waals surface area contributed by atoms with E-state index in [0.29, 0.717) is 6.04 Å². The van der Waals surface area contributed by atoms with Crippen molar-refractivity contribution in [1.29, 1.82) is 0 Å². The molecule has 0 spiro atoms. The van der Waals surface area contributed by atoms with E-state index in [0.717, 1.165) is 25.1 Å². The summed E-state index contributed by atoms with van der Waals surface area (Å²) in [6, 6.07) is 4.90. The minimum absolute atomic E-state index is 0.260. The van der Waals surface area contributed by atoms with Crippen LogP contribution in [0.15, 0.2) is 30.7 Å². The van der Waals surface area contributed by atoms with Crippen molar-refractivity contribution in [3.05, 3.63) is 42.0 Å². The highest BCUT2D eigenvalue weighted by molar-refractivity contribution is 5.13. The number of rotatable bonds is 6. The van der Waals surface area contributed by atoms with Crippen LogP contribution in [0.5, 0.6) is 0 Å². The lowest BCUT2D eigenvalue weighted by atomic mass is 10.1. The molecule has 104 valence electrons. The number of aromatic nitrogens is 3. The highest BCUT2D eigenvalue weighted by Crippen LogP contribution is 2.09. The Morgan fingerprint density at radius 2 is 2.05 bits per heavy atom.